The quantitative estimate of drug-likeness (QED) is 0.642. The van der Waals surface area contributed by atoms with Crippen molar-refractivity contribution in [1.29, 1.82) is 0 Å². The molecular weight excluding hydrogens is 262 g/mol. The highest BCUT2D eigenvalue weighted by atomic mass is 16.8. The highest BCUT2D eigenvalue weighted by molar-refractivity contribution is 5.88. The molecule has 2 fully saturated rings. The van der Waals surface area contributed by atoms with Crippen molar-refractivity contribution in [2.75, 3.05) is 19.8 Å². The van der Waals surface area contributed by atoms with Crippen LogP contribution in [0.1, 0.15) is 6.42 Å². The van der Waals surface area contributed by atoms with E-state index in [9.17, 15) is 19.2 Å². The molecule has 1 amide bonds. The molecule has 0 spiro atoms. The topological polar surface area (TPSA) is 117 Å². The zero-order valence-corrected chi connectivity index (χ0v) is 9.75. The Morgan fingerprint density at radius 1 is 1.05 bits per heavy atom. The van der Waals surface area contributed by atoms with Crippen LogP contribution in [0.4, 0.5) is 9.59 Å². The molecular formula is C10H11NO8. The van der Waals surface area contributed by atoms with Gasteiger partial charge in [0.15, 0.2) is 11.9 Å². The van der Waals surface area contributed by atoms with Crippen molar-refractivity contribution in [2.24, 2.45) is 0 Å². The molecule has 0 aromatic rings. The van der Waals surface area contributed by atoms with Crippen LogP contribution in [0.15, 0.2) is 0 Å². The second kappa shape index (κ2) is 5.55. The van der Waals surface area contributed by atoms with E-state index in [-0.39, 0.29) is 32.0 Å². The largest absolute Gasteiger partial charge is 0.509 e. The van der Waals surface area contributed by atoms with Crippen molar-refractivity contribution in [1.82, 2.24) is 5.32 Å². The molecule has 2 rings (SSSR count). The second-order valence-corrected chi connectivity index (χ2v) is 3.84. The van der Waals surface area contributed by atoms with Gasteiger partial charge in [-0.15, -0.1) is 0 Å². The van der Waals surface area contributed by atoms with Crippen LogP contribution in [-0.4, -0.2) is 56.0 Å². The Morgan fingerprint density at radius 3 is 2.16 bits per heavy atom. The number of hydrogen-bond donors (Lipinski definition) is 1. The van der Waals surface area contributed by atoms with Crippen LogP contribution < -0.4 is 5.32 Å². The maximum Gasteiger partial charge on any atom is 0.509 e. The molecule has 0 bridgehead atoms. The molecule has 104 valence electrons. The van der Waals surface area contributed by atoms with Crippen molar-refractivity contribution < 1.29 is 38.1 Å². The van der Waals surface area contributed by atoms with Crippen molar-refractivity contribution in [3.8, 4) is 0 Å². The minimum absolute atomic E-state index is 0.0193. The standard InChI is InChI=1S/C10H11NO8/c12-5(6-3-16-9(14)18-6)1-2-11-8(13)7-4-17-10(15)19-7/h6-7H,1-4H2,(H,11,13). The Hall–Kier alpha value is -2.32. The van der Waals surface area contributed by atoms with Crippen LogP contribution in [0.25, 0.3) is 0 Å². The van der Waals surface area contributed by atoms with E-state index in [1.165, 1.54) is 0 Å². The van der Waals surface area contributed by atoms with E-state index >= 15 is 0 Å². The number of amides is 1. The number of cyclic esters (lactones) is 4. The summed E-state index contributed by atoms with van der Waals surface area (Å²) >= 11 is 0. The number of hydrogen-bond acceptors (Lipinski definition) is 8. The molecule has 2 heterocycles. The van der Waals surface area contributed by atoms with Crippen LogP contribution in [0.2, 0.25) is 0 Å². The van der Waals surface area contributed by atoms with Gasteiger partial charge in [0.05, 0.1) is 0 Å². The molecule has 9 nitrogen and oxygen atoms in total. The fraction of sp³-hybridized carbons (Fsp3) is 0.600. The lowest BCUT2D eigenvalue weighted by molar-refractivity contribution is -0.128. The van der Waals surface area contributed by atoms with Gasteiger partial charge < -0.3 is 24.3 Å². The van der Waals surface area contributed by atoms with E-state index in [0.29, 0.717) is 0 Å². The molecule has 0 aromatic heterocycles. The summed E-state index contributed by atoms with van der Waals surface area (Å²) in [5.74, 6) is -0.899. The van der Waals surface area contributed by atoms with Crippen LogP contribution in [0.5, 0.6) is 0 Å². The lowest BCUT2D eigenvalue weighted by Gasteiger charge is -2.08. The molecule has 2 aliphatic heterocycles. The summed E-state index contributed by atoms with van der Waals surface area (Å²) in [7, 11) is 0. The van der Waals surface area contributed by atoms with E-state index in [2.05, 4.69) is 24.3 Å². The smallest absolute Gasteiger partial charge is 0.430 e. The normalized spacial score (nSPS) is 25.1. The third kappa shape index (κ3) is 3.33. The Morgan fingerprint density at radius 2 is 1.63 bits per heavy atom. The Kier molecular flexibility index (Phi) is 3.83. The van der Waals surface area contributed by atoms with Gasteiger partial charge in [0.2, 0.25) is 6.10 Å². The van der Waals surface area contributed by atoms with E-state index in [1.54, 1.807) is 0 Å². The van der Waals surface area contributed by atoms with Gasteiger partial charge >= 0.3 is 12.3 Å². The molecule has 2 atom stereocenters. The van der Waals surface area contributed by atoms with Crippen LogP contribution in [-0.2, 0) is 28.5 Å². The van der Waals surface area contributed by atoms with Crippen molar-refractivity contribution in [3.05, 3.63) is 0 Å². The first-order chi connectivity index (χ1) is 9.06. The van der Waals surface area contributed by atoms with Gasteiger partial charge in [-0.2, -0.15) is 0 Å². The number of ether oxygens (including phenoxy) is 4. The van der Waals surface area contributed by atoms with Crippen LogP contribution >= 0.6 is 0 Å². The number of carbonyl (C=O) groups is 4. The van der Waals surface area contributed by atoms with Crippen molar-refractivity contribution >= 4 is 24.0 Å². The van der Waals surface area contributed by atoms with Crippen molar-refractivity contribution in [2.45, 2.75) is 18.6 Å². The zero-order valence-electron chi connectivity index (χ0n) is 9.75. The molecule has 0 radical (unpaired) electrons. The fourth-order valence-corrected chi connectivity index (χ4v) is 1.53. The predicted octanol–water partition coefficient (Wildman–Crippen LogP) is -0.867. The highest BCUT2D eigenvalue weighted by Gasteiger charge is 2.33. The molecule has 1 N–H and O–H groups in total. The third-order valence-electron chi connectivity index (χ3n) is 2.50. The number of ketones is 1. The molecule has 9 heteroatoms. The molecule has 2 aliphatic rings. The SMILES string of the molecule is O=C1OCC(C(=O)CCNC(=O)C2COC(=O)O2)O1. The molecule has 2 unspecified atom stereocenters. The summed E-state index contributed by atoms with van der Waals surface area (Å²) in [6, 6.07) is 0. The number of nitrogens with one attached hydrogen (secondary N) is 1. The maximum atomic E-state index is 11.5. The third-order valence-corrected chi connectivity index (χ3v) is 2.50. The zero-order chi connectivity index (χ0) is 13.8. The first kappa shape index (κ1) is 13.1. The summed E-state index contributed by atoms with van der Waals surface area (Å²) in [6.07, 6.45) is -3.70. The van der Waals surface area contributed by atoms with Gasteiger partial charge in [0.1, 0.15) is 13.2 Å². The fourth-order valence-electron chi connectivity index (χ4n) is 1.53. The second-order valence-electron chi connectivity index (χ2n) is 3.84. The van der Waals surface area contributed by atoms with Gasteiger partial charge in [-0.05, 0) is 0 Å². The minimum Gasteiger partial charge on any atom is -0.430 e. The summed E-state index contributed by atoms with van der Waals surface area (Å²) in [5.41, 5.74) is 0. The molecule has 0 saturated carbocycles. The van der Waals surface area contributed by atoms with E-state index < -0.39 is 30.4 Å². The van der Waals surface area contributed by atoms with Crippen molar-refractivity contribution in [3.63, 3.8) is 0 Å². The lowest BCUT2D eigenvalue weighted by atomic mass is 10.2. The molecule has 0 aromatic carbocycles. The Labute approximate surface area is 107 Å². The first-order valence-corrected chi connectivity index (χ1v) is 5.53. The van der Waals surface area contributed by atoms with E-state index in [1.807, 2.05) is 0 Å². The molecule has 19 heavy (non-hydrogen) atoms. The van der Waals surface area contributed by atoms with Crippen LogP contribution in [0, 0.1) is 0 Å². The molecule has 2 saturated heterocycles. The number of carbonyl (C=O) groups excluding carboxylic acids is 4. The summed E-state index contributed by atoms with van der Waals surface area (Å²) in [6.45, 7) is -0.216. The predicted molar refractivity (Wildman–Crippen MR) is 55.1 cm³/mol. The minimum atomic E-state index is -0.991. The van der Waals surface area contributed by atoms with Gasteiger partial charge in [-0.1, -0.05) is 0 Å². The maximum absolute atomic E-state index is 11.5. The number of rotatable bonds is 5. The average Bonchev–Trinajstić information content (AvgIpc) is 2.98. The van der Waals surface area contributed by atoms with Gasteiger partial charge in [-0.25, -0.2) is 9.59 Å². The van der Waals surface area contributed by atoms with Gasteiger partial charge in [0, 0.05) is 13.0 Å². The number of Topliss-reactive ketones (excluding diaryl/α,β-unsaturated/α-hetero) is 1. The van der Waals surface area contributed by atoms with E-state index in [0.717, 1.165) is 0 Å². The molecule has 0 aliphatic carbocycles. The van der Waals surface area contributed by atoms with Gasteiger partial charge in [0.25, 0.3) is 5.91 Å². The Bertz CT molecular complexity index is 382. The van der Waals surface area contributed by atoms with E-state index in [4.69, 9.17) is 0 Å². The van der Waals surface area contributed by atoms with Crippen LogP contribution in [0.3, 0.4) is 0 Å². The average molecular weight is 273 g/mol. The first-order valence-electron chi connectivity index (χ1n) is 5.53. The summed E-state index contributed by atoms with van der Waals surface area (Å²) in [5, 5.41) is 2.41. The monoisotopic (exact) mass is 273 g/mol. The summed E-state index contributed by atoms with van der Waals surface area (Å²) in [4.78, 5) is 44.2. The lowest BCUT2D eigenvalue weighted by Crippen LogP contribution is -2.38. The summed E-state index contributed by atoms with van der Waals surface area (Å²) < 4.78 is 18.0. The Balaban J connectivity index is 1.66. The highest BCUT2D eigenvalue weighted by Crippen LogP contribution is 2.09. The van der Waals surface area contributed by atoms with Gasteiger partial charge in [-0.3, -0.25) is 9.59 Å².